The molecular weight excluding hydrogens is 294 g/mol. The second kappa shape index (κ2) is 6.23. The Hall–Kier alpha value is -1.65. The largest absolute Gasteiger partial charge is 0.218 e. The third-order valence-electron chi connectivity index (χ3n) is 4.18. The summed E-state index contributed by atoms with van der Waals surface area (Å²) in [4.78, 5) is 0. The van der Waals surface area contributed by atoms with Crippen LogP contribution in [0.15, 0.2) is 54.6 Å². The van der Waals surface area contributed by atoms with Crippen molar-refractivity contribution in [1.82, 2.24) is 4.31 Å². The average Bonchev–Trinajstić information content (AvgIpc) is 2.98. The molecule has 0 saturated carbocycles. The molecular formula is C18H21NO2S. The van der Waals surface area contributed by atoms with E-state index in [2.05, 4.69) is 6.07 Å². The van der Waals surface area contributed by atoms with Crippen molar-refractivity contribution in [2.24, 2.45) is 0 Å². The average molecular weight is 315 g/mol. The van der Waals surface area contributed by atoms with Crippen molar-refractivity contribution in [2.75, 3.05) is 6.54 Å². The first kappa shape index (κ1) is 15.3. The summed E-state index contributed by atoms with van der Waals surface area (Å²) in [6, 6.07) is 17.6. The summed E-state index contributed by atoms with van der Waals surface area (Å²) in [7, 11) is -3.29. The molecule has 0 radical (unpaired) electrons. The van der Waals surface area contributed by atoms with Crippen LogP contribution in [-0.4, -0.2) is 19.3 Å². The van der Waals surface area contributed by atoms with Gasteiger partial charge in [-0.2, -0.15) is 4.31 Å². The standard InChI is InChI=1S/C18H21NO2S/c1-15-7-5-10-17(13-15)18-11-6-12-19(18)22(20,21)14-16-8-3-2-4-9-16/h2-5,7-10,13,18H,6,11-12,14H2,1H3/t18-/m0/s1. The fraction of sp³-hybridized carbons (Fsp3) is 0.333. The highest BCUT2D eigenvalue weighted by molar-refractivity contribution is 7.88. The van der Waals surface area contributed by atoms with Crippen molar-refractivity contribution >= 4 is 10.0 Å². The maximum atomic E-state index is 12.8. The Morgan fingerprint density at radius 3 is 2.59 bits per heavy atom. The van der Waals surface area contributed by atoms with Gasteiger partial charge in [-0.3, -0.25) is 0 Å². The molecule has 22 heavy (non-hydrogen) atoms. The van der Waals surface area contributed by atoms with Crippen molar-refractivity contribution in [3.63, 3.8) is 0 Å². The first-order valence-electron chi connectivity index (χ1n) is 7.66. The molecule has 0 bridgehead atoms. The van der Waals surface area contributed by atoms with Gasteiger partial charge in [-0.25, -0.2) is 8.42 Å². The van der Waals surface area contributed by atoms with Gasteiger partial charge in [-0.05, 0) is 30.9 Å². The number of rotatable bonds is 4. The minimum atomic E-state index is -3.29. The topological polar surface area (TPSA) is 37.4 Å². The van der Waals surface area contributed by atoms with E-state index >= 15 is 0 Å². The Bertz CT molecular complexity index is 741. The van der Waals surface area contributed by atoms with Crippen molar-refractivity contribution < 1.29 is 8.42 Å². The van der Waals surface area contributed by atoms with Gasteiger partial charge in [0.2, 0.25) is 10.0 Å². The lowest BCUT2D eigenvalue weighted by Gasteiger charge is -2.24. The predicted octanol–water partition coefficient (Wildman–Crippen LogP) is 3.66. The highest BCUT2D eigenvalue weighted by atomic mass is 32.2. The first-order valence-corrected chi connectivity index (χ1v) is 9.27. The highest BCUT2D eigenvalue weighted by Gasteiger charge is 2.35. The van der Waals surface area contributed by atoms with E-state index in [9.17, 15) is 8.42 Å². The molecule has 0 aromatic heterocycles. The van der Waals surface area contributed by atoms with Crippen LogP contribution in [0.1, 0.15) is 35.6 Å². The molecule has 2 aromatic rings. The zero-order valence-electron chi connectivity index (χ0n) is 12.8. The maximum absolute atomic E-state index is 12.8. The molecule has 0 N–H and O–H groups in total. The smallest absolute Gasteiger partial charge is 0.212 e. The molecule has 1 aliphatic heterocycles. The molecule has 0 aliphatic carbocycles. The van der Waals surface area contributed by atoms with E-state index in [1.54, 1.807) is 4.31 Å². The lowest BCUT2D eigenvalue weighted by molar-refractivity contribution is 0.396. The molecule has 3 rings (SSSR count). The van der Waals surface area contributed by atoms with E-state index in [4.69, 9.17) is 0 Å². The van der Waals surface area contributed by atoms with Gasteiger partial charge in [0.1, 0.15) is 0 Å². The summed E-state index contributed by atoms with van der Waals surface area (Å²) >= 11 is 0. The van der Waals surface area contributed by atoms with Crippen molar-refractivity contribution in [2.45, 2.75) is 31.6 Å². The molecule has 3 nitrogen and oxygen atoms in total. The Balaban J connectivity index is 1.86. The van der Waals surface area contributed by atoms with E-state index in [-0.39, 0.29) is 11.8 Å². The molecule has 1 heterocycles. The van der Waals surface area contributed by atoms with Gasteiger partial charge in [0, 0.05) is 12.6 Å². The summed E-state index contributed by atoms with van der Waals surface area (Å²) in [5.41, 5.74) is 3.12. The summed E-state index contributed by atoms with van der Waals surface area (Å²) in [6.45, 7) is 2.66. The predicted molar refractivity (Wildman–Crippen MR) is 88.9 cm³/mol. The van der Waals surface area contributed by atoms with Gasteiger partial charge in [0.15, 0.2) is 0 Å². The fourth-order valence-corrected chi connectivity index (χ4v) is 4.95. The van der Waals surface area contributed by atoms with E-state index in [0.717, 1.165) is 24.0 Å². The zero-order chi connectivity index (χ0) is 15.6. The van der Waals surface area contributed by atoms with Gasteiger partial charge in [-0.15, -0.1) is 0 Å². The molecule has 1 atom stereocenters. The van der Waals surface area contributed by atoms with E-state index in [0.29, 0.717) is 6.54 Å². The number of nitrogens with zero attached hydrogens (tertiary/aromatic N) is 1. The van der Waals surface area contributed by atoms with Gasteiger partial charge < -0.3 is 0 Å². The Morgan fingerprint density at radius 1 is 1.09 bits per heavy atom. The lowest BCUT2D eigenvalue weighted by atomic mass is 10.0. The van der Waals surface area contributed by atoms with Gasteiger partial charge in [0.05, 0.1) is 5.75 Å². The normalized spacial score (nSPS) is 19.4. The van der Waals surface area contributed by atoms with Crippen LogP contribution < -0.4 is 0 Å². The third-order valence-corrected chi connectivity index (χ3v) is 6.03. The Morgan fingerprint density at radius 2 is 1.86 bits per heavy atom. The minimum Gasteiger partial charge on any atom is -0.212 e. The van der Waals surface area contributed by atoms with Gasteiger partial charge >= 0.3 is 0 Å². The van der Waals surface area contributed by atoms with Crippen molar-refractivity contribution in [3.8, 4) is 0 Å². The number of aryl methyl sites for hydroxylation is 1. The quantitative estimate of drug-likeness (QED) is 0.863. The number of sulfonamides is 1. The summed E-state index contributed by atoms with van der Waals surface area (Å²) in [6.07, 6.45) is 1.82. The lowest BCUT2D eigenvalue weighted by Crippen LogP contribution is -2.31. The summed E-state index contributed by atoms with van der Waals surface area (Å²) in [5.74, 6) is 0.0795. The number of benzene rings is 2. The second-order valence-electron chi connectivity index (χ2n) is 5.92. The van der Waals surface area contributed by atoms with Crippen molar-refractivity contribution in [1.29, 1.82) is 0 Å². The molecule has 1 aliphatic rings. The highest BCUT2D eigenvalue weighted by Crippen LogP contribution is 2.35. The molecule has 4 heteroatoms. The van der Waals surface area contributed by atoms with Crippen LogP contribution in [0.4, 0.5) is 0 Å². The van der Waals surface area contributed by atoms with Crippen LogP contribution in [-0.2, 0) is 15.8 Å². The molecule has 1 fully saturated rings. The minimum absolute atomic E-state index is 0.0198. The third kappa shape index (κ3) is 3.23. The summed E-state index contributed by atoms with van der Waals surface area (Å²) < 4.78 is 27.3. The molecule has 116 valence electrons. The van der Waals surface area contributed by atoms with E-state index in [1.807, 2.05) is 55.5 Å². The maximum Gasteiger partial charge on any atom is 0.218 e. The molecule has 0 unspecified atom stereocenters. The molecule has 1 saturated heterocycles. The Labute approximate surface area is 132 Å². The molecule has 0 amide bonds. The monoisotopic (exact) mass is 315 g/mol. The van der Waals surface area contributed by atoms with Gasteiger partial charge in [0.25, 0.3) is 0 Å². The van der Waals surface area contributed by atoms with Crippen LogP contribution in [0.3, 0.4) is 0 Å². The van der Waals surface area contributed by atoms with E-state index < -0.39 is 10.0 Å². The molecule has 2 aromatic carbocycles. The van der Waals surface area contributed by atoms with Gasteiger partial charge in [-0.1, -0.05) is 60.2 Å². The second-order valence-corrected chi connectivity index (χ2v) is 7.85. The van der Waals surface area contributed by atoms with Crippen molar-refractivity contribution in [3.05, 3.63) is 71.3 Å². The van der Waals surface area contributed by atoms with Crippen LogP contribution >= 0.6 is 0 Å². The SMILES string of the molecule is Cc1cccc([C@@H]2CCCN2S(=O)(=O)Cc2ccccc2)c1. The summed E-state index contributed by atoms with van der Waals surface area (Å²) in [5, 5.41) is 0. The number of hydrogen-bond donors (Lipinski definition) is 0. The van der Waals surface area contributed by atoms with Crippen LogP contribution in [0.5, 0.6) is 0 Å². The number of hydrogen-bond acceptors (Lipinski definition) is 2. The zero-order valence-corrected chi connectivity index (χ0v) is 13.6. The Kier molecular flexibility index (Phi) is 4.32. The van der Waals surface area contributed by atoms with Crippen LogP contribution in [0.2, 0.25) is 0 Å². The van der Waals surface area contributed by atoms with Crippen LogP contribution in [0, 0.1) is 6.92 Å². The fourth-order valence-electron chi connectivity index (χ4n) is 3.15. The molecule has 0 spiro atoms. The van der Waals surface area contributed by atoms with E-state index in [1.165, 1.54) is 5.56 Å². The first-order chi connectivity index (χ1) is 10.6. The van der Waals surface area contributed by atoms with Crippen LogP contribution in [0.25, 0.3) is 0 Å².